The van der Waals surface area contributed by atoms with E-state index in [4.69, 9.17) is 0 Å². The minimum Gasteiger partial charge on any atom is -0.382 e. The number of hydrogen-bond acceptors (Lipinski definition) is 7. The molecule has 4 heterocycles. The van der Waals surface area contributed by atoms with Gasteiger partial charge in [0.25, 0.3) is 0 Å². The third-order valence-electron chi connectivity index (χ3n) is 6.81. The minimum absolute atomic E-state index is 0.634. The van der Waals surface area contributed by atoms with Crippen molar-refractivity contribution in [1.82, 2.24) is 34.8 Å². The van der Waals surface area contributed by atoms with Gasteiger partial charge in [-0.05, 0) is 51.1 Å². The number of fused-ring (bicyclic) bond motifs is 1. The second-order valence-electron chi connectivity index (χ2n) is 9.60. The third-order valence-corrected chi connectivity index (χ3v) is 6.81. The normalized spacial score (nSPS) is 15.2. The molecule has 3 aromatic heterocycles. The molecule has 0 saturated carbocycles. The lowest BCUT2D eigenvalue weighted by atomic mass is 10.0. The highest BCUT2D eigenvalue weighted by Crippen LogP contribution is 2.31. The van der Waals surface area contributed by atoms with Crippen molar-refractivity contribution in [2.45, 2.75) is 26.8 Å². The molecule has 1 saturated heterocycles. The number of anilines is 1. The Hall–Kier alpha value is -3.36. The number of rotatable bonds is 7. The lowest BCUT2D eigenvalue weighted by Gasteiger charge is -2.36. The second-order valence-corrected chi connectivity index (χ2v) is 9.60. The van der Waals surface area contributed by atoms with Crippen LogP contribution < -0.4 is 5.32 Å². The number of nitrogens with one attached hydrogen (secondary N) is 1. The lowest BCUT2D eigenvalue weighted by Crippen LogP contribution is -2.49. The van der Waals surface area contributed by atoms with Gasteiger partial charge in [-0.25, -0.2) is 4.68 Å². The van der Waals surface area contributed by atoms with Crippen LogP contribution in [0, 0.1) is 6.92 Å². The van der Waals surface area contributed by atoms with Crippen molar-refractivity contribution in [3.8, 4) is 22.6 Å². The first kappa shape index (κ1) is 23.4. The van der Waals surface area contributed by atoms with Crippen molar-refractivity contribution in [2.75, 3.05) is 44.6 Å². The summed E-state index contributed by atoms with van der Waals surface area (Å²) in [4.78, 5) is 14.4. The van der Waals surface area contributed by atoms with Gasteiger partial charge in [0.05, 0.1) is 28.8 Å². The van der Waals surface area contributed by atoms with Gasteiger partial charge in [-0.3, -0.25) is 19.8 Å². The zero-order chi connectivity index (χ0) is 24.4. The van der Waals surface area contributed by atoms with Crippen LogP contribution in [0.15, 0.2) is 48.7 Å². The zero-order valence-corrected chi connectivity index (χ0v) is 21.1. The van der Waals surface area contributed by atoms with E-state index in [9.17, 15) is 0 Å². The van der Waals surface area contributed by atoms with E-state index in [1.54, 1.807) is 0 Å². The average Bonchev–Trinajstić information content (AvgIpc) is 3.25. The fourth-order valence-corrected chi connectivity index (χ4v) is 4.77. The van der Waals surface area contributed by atoms with Gasteiger partial charge in [0, 0.05) is 69.0 Å². The number of piperazine rings is 1. The van der Waals surface area contributed by atoms with Crippen LogP contribution in [-0.2, 0) is 7.05 Å². The number of benzene rings is 1. The summed E-state index contributed by atoms with van der Waals surface area (Å²) in [6.07, 6.45) is 1.92. The molecule has 0 amide bonds. The number of aromatic nitrogens is 5. The fourth-order valence-electron chi connectivity index (χ4n) is 4.77. The summed E-state index contributed by atoms with van der Waals surface area (Å²) in [6.45, 7) is 13.1. The molecule has 5 rings (SSSR count). The summed E-state index contributed by atoms with van der Waals surface area (Å²) < 4.78 is 1.81. The number of pyridine rings is 2. The molecule has 35 heavy (non-hydrogen) atoms. The lowest BCUT2D eigenvalue weighted by molar-refractivity contribution is 0.111. The maximum absolute atomic E-state index is 4.68. The summed E-state index contributed by atoms with van der Waals surface area (Å²) in [7, 11) is 1.92. The van der Waals surface area contributed by atoms with Gasteiger partial charge in [-0.1, -0.05) is 17.3 Å². The molecule has 1 aliphatic heterocycles. The van der Waals surface area contributed by atoms with E-state index in [2.05, 4.69) is 73.5 Å². The molecular formula is C27H34N8. The van der Waals surface area contributed by atoms with E-state index in [0.717, 1.165) is 84.2 Å². The predicted octanol–water partition coefficient (Wildman–Crippen LogP) is 3.84. The Morgan fingerprint density at radius 1 is 1.03 bits per heavy atom. The number of aryl methyl sites for hydroxylation is 2. The molecule has 1 aromatic carbocycles. The molecule has 182 valence electrons. The minimum atomic E-state index is 0.634. The Bertz CT molecular complexity index is 1300. The maximum Gasteiger partial charge on any atom is 0.139 e. The van der Waals surface area contributed by atoms with Crippen molar-refractivity contribution < 1.29 is 0 Å². The van der Waals surface area contributed by atoms with Gasteiger partial charge >= 0.3 is 0 Å². The van der Waals surface area contributed by atoms with Crippen LogP contribution in [0.2, 0.25) is 0 Å². The fraction of sp³-hybridized carbons (Fsp3) is 0.407. The van der Waals surface area contributed by atoms with Crippen LogP contribution in [0.3, 0.4) is 0 Å². The Balaban J connectivity index is 1.31. The molecule has 1 N–H and O–H groups in total. The van der Waals surface area contributed by atoms with Crippen molar-refractivity contribution in [1.29, 1.82) is 0 Å². The molecule has 8 nitrogen and oxygen atoms in total. The van der Waals surface area contributed by atoms with Gasteiger partial charge in [0.1, 0.15) is 5.69 Å². The van der Waals surface area contributed by atoms with Crippen LogP contribution in [-0.4, -0.2) is 80.1 Å². The van der Waals surface area contributed by atoms with E-state index >= 15 is 0 Å². The standard InChI is InChI=1S/C27H34N8/c1-19(2)35-14-12-34(13-15-35)11-10-28-23-17-22-16-21(8-9-24(22)29-18-23)27-26(31-32-33(27)4)25-7-5-6-20(3)30-25/h5-9,16-19,28H,10-15H2,1-4H3. The first-order valence-corrected chi connectivity index (χ1v) is 12.4. The first-order valence-electron chi connectivity index (χ1n) is 12.4. The highest BCUT2D eigenvalue weighted by molar-refractivity contribution is 5.88. The van der Waals surface area contributed by atoms with E-state index in [1.807, 2.05) is 43.0 Å². The molecule has 8 heteroatoms. The maximum atomic E-state index is 4.68. The quantitative estimate of drug-likeness (QED) is 0.440. The van der Waals surface area contributed by atoms with Gasteiger partial charge < -0.3 is 5.32 Å². The topological polar surface area (TPSA) is 75.0 Å². The van der Waals surface area contributed by atoms with Crippen molar-refractivity contribution in [3.05, 3.63) is 54.4 Å². The summed E-state index contributed by atoms with van der Waals surface area (Å²) in [5.74, 6) is 0. The molecule has 0 unspecified atom stereocenters. The SMILES string of the molecule is Cc1cccc(-c2nnn(C)c2-c2ccc3ncc(NCCN4CCN(C(C)C)CC4)cc3c2)n1. The smallest absolute Gasteiger partial charge is 0.139 e. The highest BCUT2D eigenvalue weighted by atomic mass is 15.4. The van der Waals surface area contributed by atoms with Crippen LogP contribution >= 0.6 is 0 Å². The van der Waals surface area contributed by atoms with Crippen LogP contribution in [0.1, 0.15) is 19.5 Å². The van der Waals surface area contributed by atoms with Gasteiger partial charge in [0.15, 0.2) is 0 Å². The summed E-state index contributed by atoms with van der Waals surface area (Å²) in [5.41, 5.74) is 6.58. The summed E-state index contributed by atoms with van der Waals surface area (Å²) >= 11 is 0. The Labute approximate surface area is 207 Å². The molecule has 0 aliphatic carbocycles. The molecule has 0 radical (unpaired) electrons. The monoisotopic (exact) mass is 470 g/mol. The molecule has 4 aromatic rings. The Morgan fingerprint density at radius 3 is 2.63 bits per heavy atom. The van der Waals surface area contributed by atoms with E-state index in [0.29, 0.717) is 6.04 Å². The second kappa shape index (κ2) is 10.1. The van der Waals surface area contributed by atoms with E-state index in [-0.39, 0.29) is 0 Å². The molecule has 0 atom stereocenters. The number of hydrogen-bond donors (Lipinski definition) is 1. The van der Waals surface area contributed by atoms with Gasteiger partial charge in [-0.2, -0.15) is 0 Å². The largest absolute Gasteiger partial charge is 0.382 e. The van der Waals surface area contributed by atoms with Crippen molar-refractivity contribution in [2.24, 2.45) is 7.05 Å². The highest BCUT2D eigenvalue weighted by Gasteiger charge is 2.19. The summed E-state index contributed by atoms with van der Waals surface area (Å²) in [5, 5.41) is 13.4. The average molecular weight is 471 g/mol. The molecule has 0 spiro atoms. The van der Waals surface area contributed by atoms with Crippen molar-refractivity contribution in [3.63, 3.8) is 0 Å². The van der Waals surface area contributed by atoms with E-state index < -0.39 is 0 Å². The number of nitrogens with zero attached hydrogens (tertiary/aromatic N) is 7. The molecule has 0 bridgehead atoms. The van der Waals surface area contributed by atoms with Crippen LogP contribution in [0.5, 0.6) is 0 Å². The molecular weight excluding hydrogens is 436 g/mol. The zero-order valence-electron chi connectivity index (χ0n) is 21.1. The predicted molar refractivity (Wildman–Crippen MR) is 141 cm³/mol. The molecule has 1 fully saturated rings. The van der Waals surface area contributed by atoms with Crippen molar-refractivity contribution >= 4 is 16.6 Å². The van der Waals surface area contributed by atoms with E-state index in [1.165, 1.54) is 0 Å². The Kier molecular flexibility index (Phi) is 6.74. The van der Waals surface area contributed by atoms with Gasteiger partial charge in [-0.15, -0.1) is 5.10 Å². The first-order chi connectivity index (χ1) is 17.0. The summed E-state index contributed by atoms with van der Waals surface area (Å²) in [6, 6.07) is 15.1. The van der Waals surface area contributed by atoms with Crippen LogP contribution in [0.25, 0.3) is 33.5 Å². The van der Waals surface area contributed by atoms with Crippen LogP contribution in [0.4, 0.5) is 5.69 Å². The van der Waals surface area contributed by atoms with Gasteiger partial charge in [0.2, 0.25) is 0 Å². The third kappa shape index (κ3) is 5.18. The molecule has 1 aliphatic rings. The Morgan fingerprint density at radius 2 is 1.86 bits per heavy atom.